The Morgan fingerprint density at radius 1 is 0.952 bits per heavy atom. The van der Waals surface area contributed by atoms with Crippen LogP contribution < -0.4 is 15.1 Å². The maximum atomic E-state index is 7.05. The van der Waals surface area contributed by atoms with Crippen molar-refractivity contribution in [1.82, 2.24) is 14.9 Å². The lowest BCUT2D eigenvalue weighted by Crippen LogP contribution is -2.38. The molecule has 0 unspecified atom stereocenters. The number of rotatable bonds is 6. The highest BCUT2D eigenvalue weighted by atomic mass is 35.5. The first-order valence-corrected chi connectivity index (χ1v) is 15.9. The summed E-state index contributed by atoms with van der Waals surface area (Å²) in [5.74, 6) is 1.30. The standard InChI is InChI=1S/C35H40ClN5S/c1-6-26-10-12-27(13-11-26)40-24(4)18-29(25(40)5)34-33(31-9-7-8-16-37-31)38-35(42)41(34)28-14-15-32(30(36)19-28)39-20-22(2)17-23(3)21-39/h7-16,18-19,22-23,33-34H,6,17,20-21H2,1-5H3,(H,38,42)/t22-,23+,33-,34-/m1/s1. The number of anilines is 2. The number of piperidine rings is 1. The fourth-order valence-electron chi connectivity index (χ4n) is 7.08. The molecule has 2 aliphatic rings. The molecular formula is C35H40ClN5S. The van der Waals surface area contributed by atoms with Gasteiger partial charge in [-0.05, 0) is 110 Å². The van der Waals surface area contributed by atoms with Gasteiger partial charge < -0.3 is 19.7 Å². The molecule has 0 aliphatic carbocycles. The van der Waals surface area contributed by atoms with Gasteiger partial charge in [0.2, 0.25) is 0 Å². The molecule has 5 nitrogen and oxygen atoms in total. The summed E-state index contributed by atoms with van der Waals surface area (Å²) < 4.78 is 2.35. The predicted octanol–water partition coefficient (Wildman–Crippen LogP) is 8.36. The van der Waals surface area contributed by atoms with Crippen LogP contribution in [0, 0.1) is 25.7 Å². The Kier molecular flexibility index (Phi) is 8.03. The number of nitrogens with one attached hydrogen (secondary N) is 1. The van der Waals surface area contributed by atoms with Crippen molar-refractivity contribution >= 4 is 40.3 Å². The first-order chi connectivity index (χ1) is 20.2. The number of aromatic nitrogens is 2. The molecule has 0 radical (unpaired) electrons. The minimum Gasteiger partial charge on any atom is -0.370 e. The molecule has 2 fully saturated rings. The van der Waals surface area contributed by atoms with E-state index in [1.807, 2.05) is 18.3 Å². The van der Waals surface area contributed by atoms with Gasteiger partial charge in [0.05, 0.1) is 28.5 Å². The van der Waals surface area contributed by atoms with E-state index in [0.29, 0.717) is 16.9 Å². The third-order valence-electron chi connectivity index (χ3n) is 8.91. The van der Waals surface area contributed by atoms with Gasteiger partial charge in [-0.2, -0.15) is 0 Å². The second-order valence-corrected chi connectivity index (χ2v) is 13.0. The van der Waals surface area contributed by atoms with Crippen molar-refractivity contribution in [3.05, 3.63) is 106 Å². The van der Waals surface area contributed by atoms with E-state index >= 15 is 0 Å². The molecule has 7 heteroatoms. The van der Waals surface area contributed by atoms with E-state index < -0.39 is 0 Å². The van der Waals surface area contributed by atoms with Crippen molar-refractivity contribution in [2.45, 2.75) is 59.5 Å². The Labute approximate surface area is 260 Å². The number of halogens is 1. The van der Waals surface area contributed by atoms with E-state index in [0.717, 1.165) is 41.6 Å². The summed E-state index contributed by atoms with van der Waals surface area (Å²) in [5.41, 5.74) is 9.15. The van der Waals surface area contributed by atoms with E-state index in [1.54, 1.807) is 0 Å². The van der Waals surface area contributed by atoms with E-state index in [2.05, 4.69) is 109 Å². The van der Waals surface area contributed by atoms with Crippen molar-refractivity contribution in [3.8, 4) is 5.69 Å². The molecule has 2 aromatic heterocycles. The van der Waals surface area contributed by atoms with Gasteiger partial charge in [0.25, 0.3) is 0 Å². The zero-order valence-corrected chi connectivity index (χ0v) is 26.7. The second kappa shape index (κ2) is 11.7. The van der Waals surface area contributed by atoms with Gasteiger partial charge in [-0.15, -0.1) is 0 Å². The quantitative estimate of drug-likeness (QED) is 0.226. The Morgan fingerprint density at radius 3 is 2.31 bits per heavy atom. The summed E-state index contributed by atoms with van der Waals surface area (Å²) in [7, 11) is 0. The van der Waals surface area contributed by atoms with Gasteiger partial charge in [0, 0.05) is 42.0 Å². The molecule has 2 aromatic carbocycles. The SMILES string of the molecule is CCc1ccc(-n2c(C)cc([C@@H]3[C@@H](c4ccccn4)NC(=S)N3c3ccc(N4C[C@H](C)C[C@H](C)C4)c(Cl)c3)c2C)cc1. The Morgan fingerprint density at radius 2 is 1.67 bits per heavy atom. The highest BCUT2D eigenvalue weighted by molar-refractivity contribution is 7.80. The number of nitrogens with zero attached hydrogens (tertiary/aromatic N) is 4. The van der Waals surface area contributed by atoms with Crippen LogP contribution in [0.4, 0.5) is 11.4 Å². The molecular weight excluding hydrogens is 558 g/mol. The van der Waals surface area contributed by atoms with E-state index in [9.17, 15) is 0 Å². The van der Waals surface area contributed by atoms with E-state index in [-0.39, 0.29) is 12.1 Å². The maximum absolute atomic E-state index is 7.05. The lowest BCUT2D eigenvalue weighted by molar-refractivity contribution is 0.357. The number of hydrogen-bond acceptors (Lipinski definition) is 3. The van der Waals surface area contributed by atoms with Gasteiger partial charge in [-0.25, -0.2) is 0 Å². The smallest absolute Gasteiger partial charge is 0.174 e. The number of aryl methyl sites for hydroxylation is 2. The first-order valence-electron chi connectivity index (χ1n) is 15.1. The first kappa shape index (κ1) is 28.8. The molecule has 0 amide bonds. The second-order valence-electron chi connectivity index (χ2n) is 12.2. The third-order valence-corrected chi connectivity index (χ3v) is 9.53. The zero-order valence-electron chi connectivity index (χ0n) is 25.1. The van der Waals surface area contributed by atoms with Crippen LogP contribution in [-0.4, -0.2) is 27.8 Å². The summed E-state index contributed by atoms with van der Waals surface area (Å²) in [6.45, 7) is 13.3. The summed E-state index contributed by atoms with van der Waals surface area (Å²) in [4.78, 5) is 9.43. The molecule has 4 heterocycles. The molecule has 1 N–H and O–H groups in total. The zero-order chi connectivity index (χ0) is 29.5. The largest absolute Gasteiger partial charge is 0.370 e. The predicted molar refractivity (Wildman–Crippen MR) is 179 cm³/mol. The van der Waals surface area contributed by atoms with Crippen LogP contribution in [0.3, 0.4) is 0 Å². The van der Waals surface area contributed by atoms with Gasteiger partial charge in [0.1, 0.15) is 0 Å². The topological polar surface area (TPSA) is 36.3 Å². The Balaban J connectivity index is 1.43. The summed E-state index contributed by atoms with van der Waals surface area (Å²) >= 11 is 13.1. The van der Waals surface area contributed by atoms with Crippen molar-refractivity contribution in [2.75, 3.05) is 22.9 Å². The number of pyridine rings is 1. The minimum atomic E-state index is -0.114. The number of hydrogen-bond donors (Lipinski definition) is 1. The van der Waals surface area contributed by atoms with Crippen LogP contribution in [0.5, 0.6) is 0 Å². The van der Waals surface area contributed by atoms with Crippen LogP contribution in [0.15, 0.2) is 72.9 Å². The lowest BCUT2D eigenvalue weighted by atomic mass is 9.91. The van der Waals surface area contributed by atoms with Crippen molar-refractivity contribution < 1.29 is 0 Å². The van der Waals surface area contributed by atoms with Gasteiger partial charge in [-0.1, -0.05) is 50.6 Å². The number of thiocarbonyl (C=S) groups is 1. The van der Waals surface area contributed by atoms with Gasteiger partial charge >= 0.3 is 0 Å². The maximum Gasteiger partial charge on any atom is 0.174 e. The molecule has 4 atom stereocenters. The average Bonchev–Trinajstić information content (AvgIpc) is 3.47. The summed E-state index contributed by atoms with van der Waals surface area (Å²) in [5, 5.41) is 5.06. The Hall–Kier alpha value is -3.35. The van der Waals surface area contributed by atoms with Crippen LogP contribution in [0.2, 0.25) is 5.02 Å². The summed E-state index contributed by atoms with van der Waals surface area (Å²) in [6.07, 6.45) is 4.14. The van der Waals surface area contributed by atoms with E-state index in [4.69, 9.17) is 28.8 Å². The fourth-order valence-corrected chi connectivity index (χ4v) is 7.72. The molecule has 0 spiro atoms. The van der Waals surface area contributed by atoms with Crippen molar-refractivity contribution in [1.29, 1.82) is 0 Å². The average molecular weight is 598 g/mol. The monoisotopic (exact) mass is 597 g/mol. The highest BCUT2D eigenvalue weighted by Gasteiger charge is 2.42. The van der Waals surface area contributed by atoms with Crippen molar-refractivity contribution in [2.24, 2.45) is 11.8 Å². The molecule has 0 bridgehead atoms. The molecule has 2 aliphatic heterocycles. The molecule has 2 saturated heterocycles. The molecule has 218 valence electrons. The number of benzene rings is 2. The molecule has 6 rings (SSSR count). The third kappa shape index (κ3) is 5.31. The lowest BCUT2D eigenvalue weighted by Gasteiger charge is -2.37. The van der Waals surface area contributed by atoms with Crippen LogP contribution in [0.1, 0.15) is 67.5 Å². The van der Waals surface area contributed by atoms with Crippen LogP contribution >= 0.6 is 23.8 Å². The molecule has 0 saturated carbocycles. The minimum absolute atomic E-state index is 0.0980. The van der Waals surface area contributed by atoms with Crippen molar-refractivity contribution in [3.63, 3.8) is 0 Å². The van der Waals surface area contributed by atoms with Gasteiger partial charge in [0.15, 0.2) is 5.11 Å². The fraction of sp³-hybridized carbons (Fsp3) is 0.371. The van der Waals surface area contributed by atoms with E-state index in [1.165, 1.54) is 34.6 Å². The highest BCUT2D eigenvalue weighted by Crippen LogP contribution is 2.45. The molecule has 4 aromatic rings. The van der Waals surface area contributed by atoms with Gasteiger partial charge in [-0.3, -0.25) is 4.98 Å². The van der Waals surface area contributed by atoms with Crippen LogP contribution in [0.25, 0.3) is 5.69 Å². The normalized spacial score (nSPS) is 22.5. The Bertz CT molecular complexity index is 1570. The summed E-state index contributed by atoms with van der Waals surface area (Å²) in [6, 6.07) is 23.5. The molecule has 42 heavy (non-hydrogen) atoms. The van der Waals surface area contributed by atoms with Crippen LogP contribution in [-0.2, 0) is 6.42 Å².